The second-order valence-corrected chi connectivity index (χ2v) is 5.51. The SMILES string of the molecule is c1ccc(Cc2ccc(CN3CCNCC3)cc2)cc1. The van der Waals surface area contributed by atoms with Gasteiger partial charge in [-0.3, -0.25) is 4.90 Å². The van der Waals surface area contributed by atoms with Crippen molar-refractivity contribution in [3.8, 4) is 0 Å². The molecule has 1 aliphatic heterocycles. The minimum Gasteiger partial charge on any atom is -0.314 e. The van der Waals surface area contributed by atoms with Gasteiger partial charge in [-0.05, 0) is 23.1 Å². The minimum absolute atomic E-state index is 1.02. The van der Waals surface area contributed by atoms with E-state index in [0.717, 1.165) is 39.1 Å². The van der Waals surface area contributed by atoms with Crippen molar-refractivity contribution >= 4 is 0 Å². The van der Waals surface area contributed by atoms with E-state index in [2.05, 4.69) is 64.8 Å². The van der Waals surface area contributed by atoms with Gasteiger partial charge in [0.1, 0.15) is 0 Å². The zero-order chi connectivity index (χ0) is 13.6. The molecule has 0 amide bonds. The third-order valence-corrected chi connectivity index (χ3v) is 3.89. The summed E-state index contributed by atoms with van der Waals surface area (Å²) < 4.78 is 0. The van der Waals surface area contributed by atoms with Crippen LogP contribution in [0.15, 0.2) is 54.6 Å². The van der Waals surface area contributed by atoms with Crippen LogP contribution < -0.4 is 5.32 Å². The highest BCUT2D eigenvalue weighted by atomic mass is 15.2. The molecule has 0 spiro atoms. The van der Waals surface area contributed by atoms with Gasteiger partial charge in [-0.25, -0.2) is 0 Å². The molecule has 1 aliphatic rings. The Bertz CT molecular complexity index is 513. The summed E-state index contributed by atoms with van der Waals surface area (Å²) >= 11 is 0. The highest BCUT2D eigenvalue weighted by molar-refractivity contribution is 5.28. The van der Waals surface area contributed by atoms with Gasteiger partial charge in [-0.2, -0.15) is 0 Å². The van der Waals surface area contributed by atoms with E-state index in [1.807, 2.05) is 0 Å². The van der Waals surface area contributed by atoms with Crippen molar-refractivity contribution in [2.24, 2.45) is 0 Å². The Hall–Kier alpha value is -1.64. The molecule has 2 heteroatoms. The molecule has 0 aliphatic carbocycles. The predicted octanol–water partition coefficient (Wildman–Crippen LogP) is 2.68. The first kappa shape index (κ1) is 13.3. The van der Waals surface area contributed by atoms with Crippen molar-refractivity contribution in [1.29, 1.82) is 0 Å². The zero-order valence-corrected chi connectivity index (χ0v) is 11.9. The zero-order valence-electron chi connectivity index (χ0n) is 11.9. The number of rotatable bonds is 4. The van der Waals surface area contributed by atoms with Crippen LogP contribution in [0.5, 0.6) is 0 Å². The molecule has 2 aromatic carbocycles. The van der Waals surface area contributed by atoms with E-state index in [1.54, 1.807) is 0 Å². The van der Waals surface area contributed by atoms with Crippen LogP contribution in [0.25, 0.3) is 0 Å². The number of nitrogens with one attached hydrogen (secondary N) is 1. The summed E-state index contributed by atoms with van der Waals surface area (Å²) in [5, 5.41) is 3.40. The second-order valence-electron chi connectivity index (χ2n) is 5.51. The molecule has 1 saturated heterocycles. The number of benzene rings is 2. The van der Waals surface area contributed by atoms with Gasteiger partial charge in [0, 0.05) is 32.7 Å². The predicted molar refractivity (Wildman–Crippen MR) is 83.8 cm³/mol. The van der Waals surface area contributed by atoms with Crippen molar-refractivity contribution < 1.29 is 0 Å². The Balaban J connectivity index is 1.59. The first-order chi connectivity index (χ1) is 9.90. The van der Waals surface area contributed by atoms with Crippen molar-refractivity contribution in [3.63, 3.8) is 0 Å². The Morgan fingerprint density at radius 3 is 2.05 bits per heavy atom. The van der Waals surface area contributed by atoms with Gasteiger partial charge in [0.15, 0.2) is 0 Å². The second kappa shape index (κ2) is 6.69. The molecule has 2 nitrogen and oxygen atoms in total. The summed E-state index contributed by atoms with van der Waals surface area (Å²) in [5.74, 6) is 0. The van der Waals surface area contributed by atoms with E-state index in [1.165, 1.54) is 16.7 Å². The molecule has 1 N–H and O–H groups in total. The monoisotopic (exact) mass is 266 g/mol. The Morgan fingerprint density at radius 2 is 1.35 bits per heavy atom. The van der Waals surface area contributed by atoms with Crippen molar-refractivity contribution in [2.75, 3.05) is 26.2 Å². The summed E-state index contributed by atoms with van der Waals surface area (Å²) in [6, 6.07) is 19.8. The van der Waals surface area contributed by atoms with Crippen LogP contribution in [0.2, 0.25) is 0 Å². The van der Waals surface area contributed by atoms with E-state index in [-0.39, 0.29) is 0 Å². The van der Waals surface area contributed by atoms with E-state index >= 15 is 0 Å². The molecule has 0 atom stereocenters. The summed E-state index contributed by atoms with van der Waals surface area (Å²) in [4.78, 5) is 2.52. The van der Waals surface area contributed by atoms with Gasteiger partial charge in [0.2, 0.25) is 0 Å². The lowest BCUT2D eigenvalue weighted by Crippen LogP contribution is -2.42. The minimum atomic E-state index is 1.02. The lowest BCUT2D eigenvalue weighted by Gasteiger charge is -2.27. The maximum atomic E-state index is 3.40. The highest BCUT2D eigenvalue weighted by Gasteiger charge is 2.09. The number of nitrogens with zero attached hydrogens (tertiary/aromatic N) is 1. The van der Waals surface area contributed by atoms with Gasteiger partial charge in [0.05, 0.1) is 0 Å². The molecule has 104 valence electrons. The molecule has 0 unspecified atom stereocenters. The number of piperazine rings is 1. The fourth-order valence-corrected chi connectivity index (χ4v) is 2.72. The van der Waals surface area contributed by atoms with Crippen LogP contribution in [0, 0.1) is 0 Å². The van der Waals surface area contributed by atoms with E-state index in [4.69, 9.17) is 0 Å². The molecular weight excluding hydrogens is 244 g/mol. The molecule has 1 fully saturated rings. The van der Waals surface area contributed by atoms with Gasteiger partial charge >= 0.3 is 0 Å². The van der Waals surface area contributed by atoms with Crippen LogP contribution in [0.1, 0.15) is 16.7 Å². The average Bonchev–Trinajstić information content (AvgIpc) is 2.51. The van der Waals surface area contributed by atoms with Crippen LogP contribution >= 0.6 is 0 Å². The van der Waals surface area contributed by atoms with Gasteiger partial charge < -0.3 is 5.32 Å². The van der Waals surface area contributed by atoms with Crippen LogP contribution in [-0.2, 0) is 13.0 Å². The summed E-state index contributed by atoms with van der Waals surface area (Å²) in [7, 11) is 0. The number of hydrogen-bond acceptors (Lipinski definition) is 2. The average molecular weight is 266 g/mol. The van der Waals surface area contributed by atoms with E-state index in [0.29, 0.717) is 0 Å². The van der Waals surface area contributed by atoms with E-state index in [9.17, 15) is 0 Å². The quantitative estimate of drug-likeness (QED) is 0.915. The van der Waals surface area contributed by atoms with Crippen LogP contribution in [0.3, 0.4) is 0 Å². The van der Waals surface area contributed by atoms with Crippen LogP contribution in [0.4, 0.5) is 0 Å². The van der Waals surface area contributed by atoms with Crippen LogP contribution in [-0.4, -0.2) is 31.1 Å². The van der Waals surface area contributed by atoms with Gasteiger partial charge in [-0.15, -0.1) is 0 Å². The highest BCUT2D eigenvalue weighted by Crippen LogP contribution is 2.12. The molecular formula is C18H22N2. The standard InChI is InChI=1S/C18H22N2/c1-2-4-16(5-3-1)14-17-6-8-18(9-7-17)15-20-12-10-19-11-13-20/h1-9,19H,10-15H2. The Morgan fingerprint density at radius 1 is 0.750 bits per heavy atom. The summed E-state index contributed by atoms with van der Waals surface area (Å²) in [6.07, 6.45) is 1.02. The first-order valence-electron chi connectivity index (χ1n) is 7.45. The van der Waals surface area contributed by atoms with Crippen molar-refractivity contribution in [2.45, 2.75) is 13.0 Å². The molecule has 0 bridgehead atoms. The van der Waals surface area contributed by atoms with Gasteiger partial charge in [0.25, 0.3) is 0 Å². The molecule has 3 rings (SSSR count). The molecule has 2 aromatic rings. The molecule has 20 heavy (non-hydrogen) atoms. The lowest BCUT2D eigenvalue weighted by atomic mass is 10.0. The molecule has 0 radical (unpaired) electrons. The van der Waals surface area contributed by atoms with Crippen molar-refractivity contribution in [1.82, 2.24) is 10.2 Å². The number of hydrogen-bond donors (Lipinski definition) is 1. The lowest BCUT2D eigenvalue weighted by molar-refractivity contribution is 0.233. The maximum Gasteiger partial charge on any atom is 0.0234 e. The smallest absolute Gasteiger partial charge is 0.0234 e. The normalized spacial score (nSPS) is 16.2. The third kappa shape index (κ3) is 3.69. The summed E-state index contributed by atoms with van der Waals surface area (Å²) in [5.41, 5.74) is 4.19. The van der Waals surface area contributed by atoms with E-state index < -0.39 is 0 Å². The topological polar surface area (TPSA) is 15.3 Å². The van der Waals surface area contributed by atoms with Crippen molar-refractivity contribution in [3.05, 3.63) is 71.3 Å². The summed E-state index contributed by atoms with van der Waals surface area (Å²) in [6.45, 7) is 5.63. The Kier molecular flexibility index (Phi) is 4.46. The fourth-order valence-electron chi connectivity index (χ4n) is 2.72. The Labute approximate surface area is 121 Å². The third-order valence-electron chi connectivity index (χ3n) is 3.89. The molecule has 0 saturated carbocycles. The molecule has 1 heterocycles. The molecule has 0 aromatic heterocycles. The maximum absolute atomic E-state index is 3.40. The largest absolute Gasteiger partial charge is 0.314 e. The van der Waals surface area contributed by atoms with Gasteiger partial charge in [-0.1, -0.05) is 54.6 Å². The fraction of sp³-hybridized carbons (Fsp3) is 0.333. The first-order valence-corrected chi connectivity index (χ1v) is 7.45.